The van der Waals surface area contributed by atoms with Gasteiger partial charge in [-0.3, -0.25) is 10.2 Å². The number of hydrazine groups is 1. The summed E-state index contributed by atoms with van der Waals surface area (Å²) >= 11 is 0. The van der Waals surface area contributed by atoms with Crippen molar-refractivity contribution in [3.05, 3.63) is 59.4 Å². The number of nitrogens with zero attached hydrogens (tertiary/aromatic N) is 6. The maximum Gasteiger partial charge on any atom is 0.416 e. The van der Waals surface area contributed by atoms with E-state index in [4.69, 9.17) is 0 Å². The highest BCUT2D eigenvalue weighted by atomic mass is 19.4. The topological polar surface area (TPSA) is 126 Å². The molecule has 6 rings (SSSR count). The fourth-order valence-corrected chi connectivity index (χ4v) is 5.84. The number of nitrogens with one attached hydrogen (secondary N) is 5. The summed E-state index contributed by atoms with van der Waals surface area (Å²) in [6.07, 6.45) is 1.67. The van der Waals surface area contributed by atoms with Gasteiger partial charge in [0.2, 0.25) is 5.95 Å². The molecule has 3 aliphatic rings. The summed E-state index contributed by atoms with van der Waals surface area (Å²) in [5.74, 6) is 0.429. The number of piperidine rings is 1. The highest BCUT2D eigenvalue weighted by Crippen LogP contribution is 2.34. The lowest BCUT2D eigenvalue weighted by atomic mass is 10.1. The first-order valence-electron chi connectivity index (χ1n) is 15.1. The number of carbonyl (C=O) groups excluding carboxylic acids is 1. The summed E-state index contributed by atoms with van der Waals surface area (Å²) in [5.41, 5.74) is 4.92. The number of fused-ring (bicyclic) bond motifs is 1. The number of urea groups is 1. The molecule has 15 heteroatoms. The number of alkyl halides is 3. The van der Waals surface area contributed by atoms with Gasteiger partial charge in [-0.25, -0.2) is 25.2 Å². The highest BCUT2D eigenvalue weighted by Gasteiger charge is 2.35. The SMILES string of the molecule is CN1CCN(Cc2cnc(NC(=O)NC3C=C(c4ccc5nc(NC6CCNCC6)ncc5c4)N(C)N3)cc2C(F)(F)F)CC1. The number of hydrogen-bond acceptors (Lipinski definition) is 10. The quantitative estimate of drug-likeness (QED) is 0.268. The van der Waals surface area contributed by atoms with Gasteiger partial charge < -0.3 is 25.9 Å². The Hall–Kier alpha value is -4.05. The highest BCUT2D eigenvalue weighted by molar-refractivity contribution is 5.89. The number of halogens is 3. The lowest BCUT2D eigenvalue weighted by Crippen LogP contribution is -2.47. The molecule has 45 heavy (non-hydrogen) atoms. The van der Waals surface area contributed by atoms with E-state index < -0.39 is 23.9 Å². The maximum absolute atomic E-state index is 14.0. The number of piperazine rings is 1. The first-order valence-corrected chi connectivity index (χ1v) is 15.1. The van der Waals surface area contributed by atoms with Crippen molar-refractivity contribution in [3.63, 3.8) is 0 Å². The molecule has 12 nitrogen and oxygen atoms in total. The Balaban J connectivity index is 1.09. The van der Waals surface area contributed by atoms with Gasteiger partial charge in [-0.15, -0.1) is 0 Å². The van der Waals surface area contributed by atoms with Crippen molar-refractivity contribution in [2.24, 2.45) is 0 Å². The Labute approximate surface area is 259 Å². The van der Waals surface area contributed by atoms with Crippen LogP contribution in [0.4, 0.5) is 29.7 Å². The number of pyridine rings is 1. The summed E-state index contributed by atoms with van der Waals surface area (Å²) in [4.78, 5) is 30.2. The van der Waals surface area contributed by atoms with Crippen LogP contribution in [0.5, 0.6) is 0 Å². The normalized spacial score (nSPS) is 20.3. The first kappa shape index (κ1) is 31.0. The molecule has 3 aliphatic heterocycles. The standard InChI is InChI=1S/C30H38F3N11O/c1-42-9-11-44(12-10-42)18-21-17-35-26(14-23(21)30(31,32)33)39-29(45)40-27-15-25(43(2)41-27)19-3-4-24-20(13-19)16-36-28(38-24)37-22-5-7-34-8-6-22/h3-4,13-17,22,27,34,41H,5-12,18H2,1-2H3,(H,36,37,38)(H2,35,39,40,45). The molecule has 5 heterocycles. The lowest BCUT2D eigenvalue weighted by Gasteiger charge is -2.32. The summed E-state index contributed by atoms with van der Waals surface area (Å²) < 4.78 is 41.9. The van der Waals surface area contributed by atoms with Gasteiger partial charge in [0.05, 0.1) is 16.8 Å². The molecule has 2 aromatic heterocycles. The van der Waals surface area contributed by atoms with Crippen LogP contribution in [0.3, 0.4) is 0 Å². The molecule has 5 N–H and O–H groups in total. The second-order valence-electron chi connectivity index (χ2n) is 11.8. The van der Waals surface area contributed by atoms with Crippen LogP contribution in [0.15, 0.2) is 42.7 Å². The third-order valence-corrected chi connectivity index (χ3v) is 8.38. The smallest absolute Gasteiger partial charge is 0.351 e. The second-order valence-corrected chi connectivity index (χ2v) is 11.8. The van der Waals surface area contributed by atoms with Gasteiger partial charge in [0.15, 0.2) is 0 Å². The number of carbonyl (C=O) groups is 1. The number of likely N-dealkylation sites (N-methyl/N-ethyl adjacent to an activating group) is 1. The van der Waals surface area contributed by atoms with Crippen molar-refractivity contribution in [1.29, 1.82) is 0 Å². The van der Waals surface area contributed by atoms with Gasteiger partial charge in [-0.05, 0) is 68.4 Å². The second kappa shape index (κ2) is 13.1. The van der Waals surface area contributed by atoms with Crippen LogP contribution in [0.1, 0.15) is 29.5 Å². The van der Waals surface area contributed by atoms with E-state index in [2.05, 4.69) is 46.5 Å². The predicted molar refractivity (Wildman–Crippen MR) is 166 cm³/mol. The zero-order chi connectivity index (χ0) is 31.6. The molecule has 3 aromatic rings. The van der Waals surface area contributed by atoms with Gasteiger partial charge in [-0.1, -0.05) is 6.07 Å². The molecule has 0 aliphatic carbocycles. The predicted octanol–water partition coefficient (Wildman–Crippen LogP) is 2.89. The minimum Gasteiger partial charge on any atom is -0.351 e. The average Bonchev–Trinajstić information content (AvgIpc) is 3.38. The zero-order valence-electron chi connectivity index (χ0n) is 25.3. The number of anilines is 2. The van der Waals surface area contributed by atoms with Crippen LogP contribution in [-0.2, 0) is 12.7 Å². The van der Waals surface area contributed by atoms with E-state index in [0.717, 1.165) is 67.3 Å². The van der Waals surface area contributed by atoms with Gasteiger partial charge >= 0.3 is 12.2 Å². The van der Waals surface area contributed by atoms with Crippen molar-refractivity contribution < 1.29 is 18.0 Å². The van der Waals surface area contributed by atoms with E-state index in [1.165, 1.54) is 6.20 Å². The number of amides is 2. The molecule has 1 unspecified atom stereocenters. The maximum atomic E-state index is 14.0. The van der Waals surface area contributed by atoms with Crippen LogP contribution in [0.25, 0.3) is 16.6 Å². The van der Waals surface area contributed by atoms with E-state index in [0.29, 0.717) is 25.1 Å². The van der Waals surface area contributed by atoms with E-state index in [9.17, 15) is 18.0 Å². The first-order chi connectivity index (χ1) is 21.6. The summed E-state index contributed by atoms with van der Waals surface area (Å²) in [6, 6.07) is 6.41. The van der Waals surface area contributed by atoms with Gasteiger partial charge in [0.25, 0.3) is 0 Å². The molecule has 1 atom stereocenters. The van der Waals surface area contributed by atoms with E-state index in [-0.39, 0.29) is 17.9 Å². The number of benzene rings is 1. The number of hydrogen-bond donors (Lipinski definition) is 5. The van der Waals surface area contributed by atoms with E-state index >= 15 is 0 Å². The molecule has 240 valence electrons. The molecule has 0 bridgehead atoms. The molecule has 0 spiro atoms. The monoisotopic (exact) mass is 625 g/mol. The molecular formula is C30H38F3N11O. The van der Waals surface area contributed by atoms with Crippen molar-refractivity contribution in [1.82, 2.24) is 45.8 Å². The molecule has 2 saturated heterocycles. The van der Waals surface area contributed by atoms with Crippen LogP contribution in [0, 0.1) is 0 Å². The molecule has 2 fully saturated rings. The van der Waals surface area contributed by atoms with Gasteiger partial charge in [0.1, 0.15) is 12.0 Å². The molecule has 0 radical (unpaired) electrons. The van der Waals surface area contributed by atoms with Gasteiger partial charge in [-0.2, -0.15) is 13.2 Å². The van der Waals surface area contributed by atoms with Crippen molar-refractivity contribution in [3.8, 4) is 0 Å². The summed E-state index contributed by atoms with van der Waals surface area (Å²) in [6.45, 7) is 5.04. The van der Waals surface area contributed by atoms with Crippen LogP contribution in [0.2, 0.25) is 0 Å². The Morgan fingerprint density at radius 1 is 1.04 bits per heavy atom. The van der Waals surface area contributed by atoms with Crippen LogP contribution in [-0.4, -0.2) is 101 Å². The third-order valence-electron chi connectivity index (χ3n) is 8.38. The van der Waals surface area contributed by atoms with E-state index in [1.54, 1.807) is 11.2 Å². The third kappa shape index (κ3) is 7.61. The lowest BCUT2D eigenvalue weighted by molar-refractivity contribution is -0.138. The molecular weight excluding hydrogens is 587 g/mol. The van der Waals surface area contributed by atoms with E-state index in [1.807, 2.05) is 43.3 Å². The van der Waals surface area contributed by atoms with Crippen molar-refractivity contribution in [2.75, 3.05) is 64.0 Å². The minimum absolute atomic E-state index is 0.0831. The van der Waals surface area contributed by atoms with Crippen LogP contribution >= 0.6 is 0 Å². The Bertz CT molecular complexity index is 1550. The molecule has 0 saturated carbocycles. The van der Waals surface area contributed by atoms with Gasteiger partial charge in [0, 0.05) is 63.6 Å². The van der Waals surface area contributed by atoms with Crippen molar-refractivity contribution >= 4 is 34.4 Å². The molecule has 2 amide bonds. The fourth-order valence-electron chi connectivity index (χ4n) is 5.84. The molecule has 1 aromatic carbocycles. The number of rotatable bonds is 7. The summed E-state index contributed by atoms with van der Waals surface area (Å²) in [7, 11) is 3.80. The Kier molecular flexibility index (Phi) is 9.03. The largest absolute Gasteiger partial charge is 0.416 e. The average molecular weight is 626 g/mol. The fraction of sp³-hybridized carbons (Fsp3) is 0.467. The number of aromatic nitrogens is 3. The minimum atomic E-state index is -4.58. The Morgan fingerprint density at radius 2 is 1.82 bits per heavy atom. The van der Waals surface area contributed by atoms with Crippen molar-refractivity contribution in [2.45, 2.75) is 37.8 Å². The van der Waals surface area contributed by atoms with Crippen LogP contribution < -0.4 is 26.7 Å². The Morgan fingerprint density at radius 3 is 2.58 bits per heavy atom. The summed E-state index contributed by atoms with van der Waals surface area (Å²) in [5, 5.41) is 14.6. The zero-order valence-corrected chi connectivity index (χ0v) is 25.3.